The van der Waals surface area contributed by atoms with E-state index in [-0.39, 0.29) is 25.4 Å². The average Bonchev–Trinajstić information content (AvgIpc) is 3.19. The molecule has 0 bridgehead atoms. The van der Waals surface area contributed by atoms with Gasteiger partial charge in [-0.3, -0.25) is 19.2 Å². The molecule has 0 saturated heterocycles. The molecule has 1 aromatic rings. The molecule has 3 amide bonds. The second-order valence-corrected chi connectivity index (χ2v) is 16.1. The molecule has 0 heterocycles. The van der Waals surface area contributed by atoms with E-state index in [1.54, 1.807) is 0 Å². The highest BCUT2D eigenvalue weighted by molar-refractivity contribution is 5.93. The maximum absolute atomic E-state index is 13.2. The number of esters is 1. The predicted molar refractivity (Wildman–Crippen MR) is 232 cm³/mol. The molecule has 0 aromatic heterocycles. The largest absolute Gasteiger partial charge is 0.460 e. The van der Waals surface area contributed by atoms with Crippen LogP contribution in [0.2, 0.25) is 0 Å². The van der Waals surface area contributed by atoms with Crippen molar-refractivity contribution in [2.24, 2.45) is 5.73 Å². The van der Waals surface area contributed by atoms with Crippen LogP contribution in [0.1, 0.15) is 212 Å². The summed E-state index contributed by atoms with van der Waals surface area (Å²) in [6, 6.07) is 6.98. The first-order chi connectivity index (χ1) is 27.4. The van der Waals surface area contributed by atoms with E-state index in [1.807, 2.05) is 30.3 Å². The zero-order valence-electron chi connectivity index (χ0n) is 36.0. The standard InChI is InChI=1S/C47H84N4O5/c1-3-5-7-9-11-13-15-17-19-21-23-25-27-32-36-49-44(52)39-43(51-45(53)38-42(48)47(55)56-40-41-34-30-29-31-35-41)46(54)50-37-33-28-26-24-22-20-18-16-14-12-10-8-6-4-2/h29-31,34-35,42-43H,3-28,32-33,36-40,48H2,1-2H3,(H,49,52)(H,50,54)(H,51,53)/t42-,43-/m0/s1. The molecule has 0 aliphatic rings. The predicted octanol–water partition coefficient (Wildman–Crippen LogP) is 10.5. The van der Waals surface area contributed by atoms with Gasteiger partial charge in [0.1, 0.15) is 18.7 Å². The summed E-state index contributed by atoms with van der Waals surface area (Å²) in [6.45, 7) is 5.59. The molecule has 9 nitrogen and oxygen atoms in total. The first kappa shape index (κ1) is 51.1. The Morgan fingerprint density at radius 2 is 0.911 bits per heavy atom. The lowest BCUT2D eigenvalue weighted by molar-refractivity contribution is -0.148. The van der Waals surface area contributed by atoms with E-state index >= 15 is 0 Å². The fourth-order valence-corrected chi connectivity index (χ4v) is 7.04. The summed E-state index contributed by atoms with van der Waals surface area (Å²) >= 11 is 0. The number of rotatable bonds is 39. The highest BCUT2D eigenvalue weighted by Crippen LogP contribution is 2.14. The van der Waals surface area contributed by atoms with E-state index in [9.17, 15) is 19.2 Å². The lowest BCUT2D eigenvalue weighted by Crippen LogP contribution is -2.50. The Morgan fingerprint density at radius 1 is 0.518 bits per heavy atom. The summed E-state index contributed by atoms with van der Waals surface area (Å²) in [5.74, 6) is -1.97. The Morgan fingerprint density at radius 3 is 1.34 bits per heavy atom. The maximum Gasteiger partial charge on any atom is 0.323 e. The number of carbonyl (C=O) groups excluding carboxylic acids is 4. The lowest BCUT2D eigenvalue weighted by Gasteiger charge is -2.19. The van der Waals surface area contributed by atoms with Crippen LogP contribution in [-0.2, 0) is 30.5 Å². The normalized spacial score (nSPS) is 12.2. The molecule has 322 valence electrons. The molecule has 56 heavy (non-hydrogen) atoms. The van der Waals surface area contributed by atoms with E-state index in [2.05, 4.69) is 29.8 Å². The molecule has 0 saturated carbocycles. The fourth-order valence-electron chi connectivity index (χ4n) is 7.04. The van der Waals surface area contributed by atoms with E-state index in [0.29, 0.717) is 13.1 Å². The molecule has 0 aliphatic carbocycles. The summed E-state index contributed by atoms with van der Waals surface area (Å²) in [6.07, 6.45) is 34.8. The minimum atomic E-state index is -1.19. The summed E-state index contributed by atoms with van der Waals surface area (Å²) in [4.78, 5) is 51.5. The molecule has 0 aliphatic heterocycles. The number of unbranched alkanes of at least 4 members (excludes halogenated alkanes) is 26. The van der Waals surface area contributed by atoms with E-state index in [0.717, 1.165) is 44.1 Å². The monoisotopic (exact) mass is 785 g/mol. The van der Waals surface area contributed by atoms with Crippen molar-refractivity contribution < 1.29 is 23.9 Å². The fraction of sp³-hybridized carbons (Fsp3) is 0.787. The zero-order valence-corrected chi connectivity index (χ0v) is 36.0. The zero-order chi connectivity index (χ0) is 40.7. The Bertz CT molecular complexity index is 1100. The molecule has 0 fully saturated rings. The van der Waals surface area contributed by atoms with Crippen molar-refractivity contribution in [3.63, 3.8) is 0 Å². The average molecular weight is 785 g/mol. The van der Waals surface area contributed by atoms with Crippen LogP contribution in [0.15, 0.2) is 30.3 Å². The van der Waals surface area contributed by atoms with Crippen LogP contribution in [0.4, 0.5) is 0 Å². The summed E-state index contributed by atoms with van der Waals surface area (Å²) in [7, 11) is 0. The number of hydrogen-bond acceptors (Lipinski definition) is 6. The third-order valence-electron chi connectivity index (χ3n) is 10.7. The third-order valence-corrected chi connectivity index (χ3v) is 10.7. The molecule has 1 rings (SSSR count). The topological polar surface area (TPSA) is 140 Å². The van der Waals surface area contributed by atoms with Gasteiger partial charge in [-0.25, -0.2) is 0 Å². The van der Waals surface area contributed by atoms with Gasteiger partial charge in [0.15, 0.2) is 0 Å². The van der Waals surface area contributed by atoms with Crippen molar-refractivity contribution >= 4 is 23.7 Å². The van der Waals surface area contributed by atoms with Crippen LogP contribution in [0.3, 0.4) is 0 Å². The molecule has 0 spiro atoms. The van der Waals surface area contributed by atoms with Crippen molar-refractivity contribution in [3.8, 4) is 0 Å². The number of hydrogen-bond donors (Lipinski definition) is 4. The SMILES string of the molecule is CCCCCCCCCCCCCCCCNC(=O)C[C@H](NC(=O)C[C@H](N)C(=O)OCc1ccccc1)C(=O)NCCCCCCCCCCCCCCCC. The van der Waals surface area contributed by atoms with Gasteiger partial charge >= 0.3 is 5.97 Å². The molecule has 1 aromatic carbocycles. The first-order valence-corrected chi connectivity index (χ1v) is 23.2. The number of nitrogens with one attached hydrogen (secondary N) is 3. The van der Waals surface area contributed by atoms with Crippen molar-refractivity contribution in [2.75, 3.05) is 13.1 Å². The van der Waals surface area contributed by atoms with Crippen LogP contribution >= 0.6 is 0 Å². The van der Waals surface area contributed by atoms with Gasteiger partial charge in [-0.15, -0.1) is 0 Å². The van der Waals surface area contributed by atoms with Gasteiger partial charge in [0, 0.05) is 13.1 Å². The van der Waals surface area contributed by atoms with Crippen molar-refractivity contribution in [1.29, 1.82) is 0 Å². The second-order valence-electron chi connectivity index (χ2n) is 16.1. The van der Waals surface area contributed by atoms with Crippen LogP contribution in [0.5, 0.6) is 0 Å². The van der Waals surface area contributed by atoms with E-state index in [4.69, 9.17) is 10.5 Å². The Kier molecular flexibility index (Phi) is 34.3. The molecule has 0 radical (unpaired) electrons. The quantitative estimate of drug-likeness (QED) is 0.0387. The van der Waals surface area contributed by atoms with E-state index < -0.39 is 29.9 Å². The Hall–Kier alpha value is -2.94. The van der Waals surface area contributed by atoms with Crippen LogP contribution in [-0.4, -0.2) is 48.9 Å². The number of nitrogens with two attached hydrogens (primary N) is 1. The van der Waals surface area contributed by atoms with Crippen LogP contribution < -0.4 is 21.7 Å². The molecular weight excluding hydrogens is 701 g/mol. The van der Waals surface area contributed by atoms with Gasteiger partial charge in [0.2, 0.25) is 17.7 Å². The molecule has 9 heteroatoms. The van der Waals surface area contributed by atoms with Crippen LogP contribution in [0, 0.1) is 0 Å². The lowest BCUT2D eigenvalue weighted by atomic mass is 10.0. The van der Waals surface area contributed by atoms with Gasteiger partial charge in [-0.05, 0) is 18.4 Å². The highest BCUT2D eigenvalue weighted by atomic mass is 16.5. The number of amides is 3. The van der Waals surface area contributed by atoms with Crippen molar-refractivity contribution in [1.82, 2.24) is 16.0 Å². The molecule has 5 N–H and O–H groups in total. The number of carbonyl (C=O) groups is 4. The molecule has 0 unspecified atom stereocenters. The first-order valence-electron chi connectivity index (χ1n) is 23.2. The summed E-state index contributed by atoms with van der Waals surface area (Å²) < 4.78 is 5.28. The van der Waals surface area contributed by atoms with Crippen LogP contribution in [0.25, 0.3) is 0 Å². The highest BCUT2D eigenvalue weighted by Gasteiger charge is 2.26. The Labute approximate surface area is 342 Å². The second kappa shape index (κ2) is 37.6. The number of ether oxygens (including phenoxy) is 1. The third kappa shape index (κ3) is 31.2. The number of benzene rings is 1. The minimum Gasteiger partial charge on any atom is -0.460 e. The smallest absolute Gasteiger partial charge is 0.323 e. The molecular formula is C47H84N4O5. The maximum atomic E-state index is 13.2. The van der Waals surface area contributed by atoms with Crippen molar-refractivity contribution in [2.45, 2.75) is 225 Å². The van der Waals surface area contributed by atoms with Crippen molar-refractivity contribution in [3.05, 3.63) is 35.9 Å². The van der Waals surface area contributed by atoms with Gasteiger partial charge in [0.05, 0.1) is 12.8 Å². The van der Waals surface area contributed by atoms with Gasteiger partial charge in [-0.2, -0.15) is 0 Å². The van der Waals surface area contributed by atoms with E-state index in [1.165, 1.54) is 141 Å². The minimum absolute atomic E-state index is 0.0543. The van der Waals surface area contributed by atoms with Gasteiger partial charge in [0.25, 0.3) is 0 Å². The van der Waals surface area contributed by atoms with Gasteiger partial charge in [-0.1, -0.05) is 211 Å². The summed E-state index contributed by atoms with van der Waals surface area (Å²) in [5.41, 5.74) is 6.80. The Balaban J connectivity index is 2.37. The summed E-state index contributed by atoms with van der Waals surface area (Å²) in [5, 5.41) is 8.51. The van der Waals surface area contributed by atoms with Gasteiger partial charge < -0.3 is 26.4 Å². The molecule has 2 atom stereocenters.